The topological polar surface area (TPSA) is 29.1 Å². The lowest BCUT2D eigenvalue weighted by Crippen LogP contribution is -2.11. The Bertz CT molecular complexity index is 346. The van der Waals surface area contributed by atoms with Crippen LogP contribution in [0.2, 0.25) is 5.02 Å². The number of halogens is 2. The summed E-state index contributed by atoms with van der Waals surface area (Å²) in [7, 11) is 0. The Hall–Kier alpha value is 0.0600. The van der Waals surface area contributed by atoms with Crippen LogP contribution in [0.15, 0.2) is 18.2 Å². The first kappa shape index (κ1) is 12.1. The maximum absolute atomic E-state index is 11.2. The molecule has 0 aliphatic carbocycles. The van der Waals surface area contributed by atoms with Gasteiger partial charge in [0.05, 0.1) is 10.7 Å². The molecule has 1 aromatic rings. The van der Waals surface area contributed by atoms with E-state index in [1.807, 2.05) is 6.07 Å². The third kappa shape index (κ3) is 3.67. The molecule has 1 amide bonds. The van der Waals surface area contributed by atoms with Crippen LogP contribution in [0.4, 0.5) is 5.69 Å². The molecular formula is C9H9ClINOS. The summed E-state index contributed by atoms with van der Waals surface area (Å²) in [6.07, 6.45) is 0.394. The second-order valence-corrected chi connectivity index (χ2v) is 4.75. The Morgan fingerprint density at radius 1 is 1.57 bits per heavy atom. The molecule has 5 heteroatoms. The molecule has 1 rings (SSSR count). The third-order valence-electron chi connectivity index (χ3n) is 1.54. The molecule has 0 saturated carbocycles. The van der Waals surface area contributed by atoms with Crippen molar-refractivity contribution in [3.63, 3.8) is 0 Å². The molecule has 2 nitrogen and oxygen atoms in total. The standard InChI is InChI=1S/C9H9ClINOS/c10-7-5-6(11)1-2-8(7)12-9(13)3-4-14/h1-2,5,14H,3-4H2,(H,12,13). The van der Waals surface area contributed by atoms with Crippen molar-refractivity contribution in [3.8, 4) is 0 Å². The average molecular weight is 342 g/mol. The van der Waals surface area contributed by atoms with E-state index >= 15 is 0 Å². The van der Waals surface area contributed by atoms with Crippen LogP contribution in [0.25, 0.3) is 0 Å². The summed E-state index contributed by atoms with van der Waals surface area (Å²) in [5.74, 6) is 0.469. The monoisotopic (exact) mass is 341 g/mol. The number of hydrogen-bond donors (Lipinski definition) is 2. The van der Waals surface area contributed by atoms with Crippen LogP contribution in [0.1, 0.15) is 6.42 Å². The molecule has 0 aliphatic heterocycles. The van der Waals surface area contributed by atoms with Gasteiger partial charge < -0.3 is 5.32 Å². The number of carbonyl (C=O) groups excluding carboxylic acids is 1. The number of rotatable bonds is 3. The van der Waals surface area contributed by atoms with E-state index in [1.54, 1.807) is 12.1 Å². The van der Waals surface area contributed by atoms with Gasteiger partial charge in [-0.25, -0.2) is 0 Å². The van der Waals surface area contributed by atoms with Crippen LogP contribution >= 0.6 is 46.8 Å². The fraction of sp³-hybridized carbons (Fsp3) is 0.222. The molecule has 0 atom stereocenters. The van der Waals surface area contributed by atoms with Crippen molar-refractivity contribution in [1.82, 2.24) is 0 Å². The fourth-order valence-corrected chi connectivity index (χ4v) is 2.01. The van der Waals surface area contributed by atoms with Crippen LogP contribution in [-0.4, -0.2) is 11.7 Å². The van der Waals surface area contributed by atoms with E-state index in [2.05, 4.69) is 40.5 Å². The summed E-state index contributed by atoms with van der Waals surface area (Å²) in [6.45, 7) is 0. The lowest BCUT2D eigenvalue weighted by atomic mass is 10.3. The van der Waals surface area contributed by atoms with Crippen molar-refractivity contribution >= 4 is 58.4 Å². The summed E-state index contributed by atoms with van der Waals surface area (Å²) in [6, 6.07) is 5.49. The Labute approximate surface area is 107 Å². The van der Waals surface area contributed by atoms with Gasteiger partial charge in [-0.3, -0.25) is 4.79 Å². The van der Waals surface area contributed by atoms with E-state index in [0.717, 1.165) is 3.57 Å². The minimum absolute atomic E-state index is 0.0666. The second-order valence-electron chi connectivity index (χ2n) is 2.65. The molecule has 0 radical (unpaired) electrons. The zero-order valence-corrected chi connectivity index (χ0v) is 11.1. The van der Waals surface area contributed by atoms with Crippen LogP contribution < -0.4 is 5.32 Å². The maximum atomic E-state index is 11.2. The van der Waals surface area contributed by atoms with E-state index in [1.165, 1.54) is 0 Å². The zero-order chi connectivity index (χ0) is 10.6. The summed E-state index contributed by atoms with van der Waals surface area (Å²) in [5.41, 5.74) is 0.652. The number of hydrogen-bond acceptors (Lipinski definition) is 2. The number of thiol groups is 1. The Morgan fingerprint density at radius 2 is 2.29 bits per heavy atom. The number of amides is 1. The Balaban J connectivity index is 2.72. The third-order valence-corrected chi connectivity index (χ3v) is 2.75. The zero-order valence-electron chi connectivity index (χ0n) is 7.26. The minimum atomic E-state index is -0.0666. The molecule has 1 N–H and O–H groups in total. The normalized spacial score (nSPS) is 9.93. The highest BCUT2D eigenvalue weighted by molar-refractivity contribution is 14.1. The molecule has 0 saturated heterocycles. The molecule has 0 spiro atoms. The predicted molar refractivity (Wildman–Crippen MR) is 71.3 cm³/mol. The highest BCUT2D eigenvalue weighted by atomic mass is 127. The van der Waals surface area contributed by atoms with Gasteiger partial charge in [0.1, 0.15) is 0 Å². The van der Waals surface area contributed by atoms with Crippen LogP contribution in [0.5, 0.6) is 0 Å². The largest absolute Gasteiger partial charge is 0.325 e. The van der Waals surface area contributed by atoms with E-state index in [9.17, 15) is 4.79 Å². The van der Waals surface area contributed by atoms with E-state index in [4.69, 9.17) is 11.6 Å². The smallest absolute Gasteiger partial charge is 0.225 e. The maximum Gasteiger partial charge on any atom is 0.225 e. The molecule has 0 heterocycles. The highest BCUT2D eigenvalue weighted by Crippen LogP contribution is 2.23. The van der Waals surface area contributed by atoms with Crippen molar-refractivity contribution in [2.75, 3.05) is 11.1 Å². The fourth-order valence-electron chi connectivity index (χ4n) is 0.905. The number of nitrogens with one attached hydrogen (secondary N) is 1. The van der Waals surface area contributed by atoms with Gasteiger partial charge in [0.2, 0.25) is 5.91 Å². The highest BCUT2D eigenvalue weighted by Gasteiger charge is 2.04. The first-order valence-corrected chi connectivity index (χ1v) is 6.08. The van der Waals surface area contributed by atoms with Crippen molar-refractivity contribution in [1.29, 1.82) is 0 Å². The lowest BCUT2D eigenvalue weighted by Gasteiger charge is -2.06. The van der Waals surface area contributed by atoms with E-state index < -0.39 is 0 Å². The Morgan fingerprint density at radius 3 is 2.86 bits per heavy atom. The number of anilines is 1. The predicted octanol–water partition coefficient (Wildman–Crippen LogP) is 3.20. The lowest BCUT2D eigenvalue weighted by molar-refractivity contribution is -0.115. The molecule has 14 heavy (non-hydrogen) atoms. The summed E-state index contributed by atoms with van der Waals surface area (Å²) in [4.78, 5) is 11.2. The molecule has 0 fully saturated rings. The SMILES string of the molecule is O=C(CCS)Nc1ccc(I)cc1Cl. The molecular weight excluding hydrogens is 333 g/mol. The quantitative estimate of drug-likeness (QED) is 0.641. The molecule has 76 valence electrons. The van der Waals surface area contributed by atoms with Crippen molar-refractivity contribution in [2.45, 2.75) is 6.42 Å². The summed E-state index contributed by atoms with van der Waals surface area (Å²) in [5, 5.41) is 3.27. The van der Waals surface area contributed by atoms with Gasteiger partial charge in [-0.1, -0.05) is 11.6 Å². The van der Waals surface area contributed by atoms with Crippen molar-refractivity contribution in [2.24, 2.45) is 0 Å². The molecule has 0 aliphatic rings. The van der Waals surface area contributed by atoms with Gasteiger partial charge in [0.15, 0.2) is 0 Å². The van der Waals surface area contributed by atoms with Crippen LogP contribution in [0, 0.1) is 3.57 Å². The van der Waals surface area contributed by atoms with Gasteiger partial charge in [0, 0.05) is 9.99 Å². The summed E-state index contributed by atoms with van der Waals surface area (Å²) < 4.78 is 1.04. The Kier molecular flexibility index (Phi) is 5.05. The van der Waals surface area contributed by atoms with Gasteiger partial charge in [-0.2, -0.15) is 12.6 Å². The first-order chi connectivity index (χ1) is 6.63. The van der Waals surface area contributed by atoms with Crippen molar-refractivity contribution in [3.05, 3.63) is 26.8 Å². The number of benzene rings is 1. The number of carbonyl (C=O) groups is 1. The second kappa shape index (κ2) is 5.82. The van der Waals surface area contributed by atoms with Crippen LogP contribution in [-0.2, 0) is 4.79 Å². The van der Waals surface area contributed by atoms with Gasteiger partial charge in [-0.05, 0) is 46.5 Å². The van der Waals surface area contributed by atoms with E-state index in [0.29, 0.717) is 22.9 Å². The molecule has 1 aromatic carbocycles. The first-order valence-electron chi connectivity index (χ1n) is 3.99. The summed E-state index contributed by atoms with van der Waals surface area (Å²) >= 11 is 12.1. The van der Waals surface area contributed by atoms with Gasteiger partial charge in [0.25, 0.3) is 0 Å². The van der Waals surface area contributed by atoms with Crippen molar-refractivity contribution < 1.29 is 4.79 Å². The molecule has 0 aromatic heterocycles. The molecule has 0 unspecified atom stereocenters. The van der Waals surface area contributed by atoms with Gasteiger partial charge in [-0.15, -0.1) is 0 Å². The minimum Gasteiger partial charge on any atom is -0.325 e. The average Bonchev–Trinajstić information content (AvgIpc) is 2.10. The van der Waals surface area contributed by atoms with E-state index in [-0.39, 0.29) is 5.91 Å². The van der Waals surface area contributed by atoms with Crippen LogP contribution in [0.3, 0.4) is 0 Å². The van der Waals surface area contributed by atoms with Gasteiger partial charge >= 0.3 is 0 Å². The molecule has 0 bridgehead atoms.